The molecule has 10 heteroatoms. The maximum Gasteiger partial charge on any atom is 0.434 e. The van der Waals surface area contributed by atoms with Crippen LogP contribution in [0, 0.1) is 5.92 Å². The van der Waals surface area contributed by atoms with E-state index < -0.39 is 21.9 Å². The molecule has 1 atom stereocenters. The van der Waals surface area contributed by atoms with Gasteiger partial charge in [0, 0.05) is 32.3 Å². The Balaban J connectivity index is 1.80. The fraction of sp³-hybridized carbons (Fsp3) is 0.786. The van der Waals surface area contributed by atoms with Crippen LogP contribution in [0.3, 0.4) is 0 Å². The summed E-state index contributed by atoms with van der Waals surface area (Å²) in [6, 6.07) is 0. The highest BCUT2D eigenvalue weighted by Gasteiger charge is 2.35. The Hall–Kier alpha value is -1.13. The molecule has 24 heavy (non-hydrogen) atoms. The standard InChI is InChI=1S/C14H23F3N4O2S/c1-20(7-3-6-18-24(2,22)23)8-11-4-5-13-19-12(14(15,16)17)10-21(13)9-11/h10-11,18H,3-9H2,1-2H3/t11-/m0/s1. The second kappa shape index (κ2) is 7.40. The van der Waals surface area contributed by atoms with Gasteiger partial charge in [0.1, 0.15) is 5.82 Å². The van der Waals surface area contributed by atoms with Gasteiger partial charge >= 0.3 is 6.18 Å². The first kappa shape index (κ1) is 19.2. The van der Waals surface area contributed by atoms with Crippen molar-refractivity contribution in [2.24, 2.45) is 5.92 Å². The van der Waals surface area contributed by atoms with Crippen LogP contribution < -0.4 is 4.72 Å². The number of rotatable bonds is 7. The van der Waals surface area contributed by atoms with Crippen molar-refractivity contribution in [1.82, 2.24) is 19.2 Å². The maximum atomic E-state index is 12.7. The van der Waals surface area contributed by atoms with Crippen LogP contribution in [-0.2, 0) is 29.2 Å². The minimum absolute atomic E-state index is 0.264. The van der Waals surface area contributed by atoms with Crippen LogP contribution >= 0.6 is 0 Å². The highest BCUT2D eigenvalue weighted by atomic mass is 32.2. The van der Waals surface area contributed by atoms with Crippen molar-refractivity contribution in [3.8, 4) is 0 Å². The molecule has 0 amide bonds. The van der Waals surface area contributed by atoms with Gasteiger partial charge in [-0.1, -0.05) is 0 Å². The molecule has 0 saturated carbocycles. The highest BCUT2D eigenvalue weighted by Crippen LogP contribution is 2.30. The summed E-state index contributed by atoms with van der Waals surface area (Å²) in [5, 5.41) is 0. The van der Waals surface area contributed by atoms with Crippen molar-refractivity contribution < 1.29 is 21.6 Å². The number of imidazole rings is 1. The van der Waals surface area contributed by atoms with E-state index in [1.54, 1.807) is 4.57 Å². The Labute approximate surface area is 140 Å². The zero-order valence-electron chi connectivity index (χ0n) is 13.8. The molecule has 0 radical (unpaired) electrons. The van der Waals surface area contributed by atoms with Gasteiger partial charge in [0.05, 0.1) is 6.26 Å². The number of alkyl halides is 3. The number of nitrogens with one attached hydrogen (secondary N) is 1. The summed E-state index contributed by atoms with van der Waals surface area (Å²) in [5.41, 5.74) is -0.821. The number of halogens is 3. The van der Waals surface area contributed by atoms with Gasteiger partial charge in [-0.2, -0.15) is 13.2 Å². The predicted octanol–water partition coefficient (Wildman–Crippen LogP) is 1.34. The molecule has 1 N–H and O–H groups in total. The average Bonchev–Trinajstić information content (AvgIpc) is 2.86. The van der Waals surface area contributed by atoms with Crippen molar-refractivity contribution in [3.63, 3.8) is 0 Å². The van der Waals surface area contributed by atoms with E-state index in [1.165, 1.54) is 0 Å². The number of fused-ring (bicyclic) bond motifs is 1. The van der Waals surface area contributed by atoms with Crippen molar-refractivity contribution in [3.05, 3.63) is 17.7 Å². The summed E-state index contributed by atoms with van der Waals surface area (Å²) < 4.78 is 64.1. The molecule has 6 nitrogen and oxygen atoms in total. The Morgan fingerprint density at radius 1 is 1.46 bits per heavy atom. The highest BCUT2D eigenvalue weighted by molar-refractivity contribution is 7.88. The van der Waals surface area contributed by atoms with E-state index in [4.69, 9.17) is 0 Å². The van der Waals surface area contributed by atoms with Crippen molar-refractivity contribution in [2.45, 2.75) is 32.0 Å². The summed E-state index contributed by atoms with van der Waals surface area (Å²) in [5.74, 6) is 0.763. The second-order valence-electron chi connectivity index (χ2n) is 6.38. The molecule has 1 aromatic heterocycles. The molecule has 1 aliphatic heterocycles. The van der Waals surface area contributed by atoms with Crippen LogP contribution in [0.5, 0.6) is 0 Å². The Morgan fingerprint density at radius 2 is 2.17 bits per heavy atom. The van der Waals surface area contributed by atoms with E-state index in [0.717, 1.165) is 32.0 Å². The Kier molecular flexibility index (Phi) is 5.92. The van der Waals surface area contributed by atoms with E-state index in [1.807, 2.05) is 7.05 Å². The van der Waals surface area contributed by atoms with Gasteiger partial charge in [-0.25, -0.2) is 18.1 Å². The third-order valence-corrected chi connectivity index (χ3v) is 4.76. The largest absolute Gasteiger partial charge is 0.434 e. The average molecular weight is 368 g/mol. The summed E-state index contributed by atoms with van der Waals surface area (Å²) >= 11 is 0. The van der Waals surface area contributed by atoms with Crippen molar-refractivity contribution in [1.29, 1.82) is 0 Å². The fourth-order valence-corrected chi connectivity index (χ4v) is 3.45. The molecule has 0 saturated heterocycles. The lowest BCUT2D eigenvalue weighted by Gasteiger charge is -2.28. The number of hydrogen-bond acceptors (Lipinski definition) is 4. The topological polar surface area (TPSA) is 67.2 Å². The number of aryl methyl sites for hydroxylation is 1. The smallest absolute Gasteiger partial charge is 0.334 e. The molecule has 0 aromatic carbocycles. The third-order valence-electron chi connectivity index (χ3n) is 4.03. The molecular formula is C14H23F3N4O2S. The van der Waals surface area contributed by atoms with Crippen LogP contribution in [0.4, 0.5) is 13.2 Å². The van der Waals surface area contributed by atoms with E-state index in [9.17, 15) is 21.6 Å². The normalized spacial score (nSPS) is 18.8. The first-order chi connectivity index (χ1) is 11.0. The Bertz CT molecular complexity index is 657. The SMILES string of the molecule is CN(CCCNS(C)(=O)=O)C[C@@H]1CCc2nc(C(F)(F)F)cn2C1. The third kappa shape index (κ3) is 5.75. The second-order valence-corrected chi connectivity index (χ2v) is 8.21. The fourth-order valence-electron chi connectivity index (χ4n) is 2.94. The lowest BCUT2D eigenvalue weighted by Crippen LogP contribution is -2.33. The number of nitrogens with zero attached hydrogens (tertiary/aromatic N) is 3. The summed E-state index contributed by atoms with van der Waals surface area (Å²) in [6.45, 7) is 2.40. The molecule has 2 rings (SSSR count). The molecule has 1 aromatic rings. The minimum Gasteiger partial charge on any atom is -0.334 e. The van der Waals surface area contributed by atoms with Gasteiger partial charge in [-0.3, -0.25) is 0 Å². The van der Waals surface area contributed by atoms with Crippen LogP contribution in [-0.4, -0.2) is 55.8 Å². The molecule has 1 aliphatic rings. The maximum absolute atomic E-state index is 12.7. The molecule has 0 bridgehead atoms. The first-order valence-corrected chi connectivity index (χ1v) is 9.70. The lowest BCUT2D eigenvalue weighted by molar-refractivity contribution is -0.141. The van der Waals surface area contributed by atoms with Gasteiger partial charge in [-0.15, -0.1) is 0 Å². The number of aromatic nitrogens is 2. The van der Waals surface area contributed by atoms with Crippen LogP contribution in [0.15, 0.2) is 6.20 Å². The quantitative estimate of drug-likeness (QED) is 0.738. The van der Waals surface area contributed by atoms with Gasteiger partial charge in [0.2, 0.25) is 10.0 Å². The van der Waals surface area contributed by atoms with Gasteiger partial charge < -0.3 is 9.47 Å². The van der Waals surface area contributed by atoms with Crippen LogP contribution in [0.1, 0.15) is 24.4 Å². The number of sulfonamides is 1. The number of hydrogen-bond donors (Lipinski definition) is 1. The van der Waals surface area contributed by atoms with Gasteiger partial charge in [-0.05, 0) is 32.4 Å². The molecule has 138 valence electrons. The molecule has 0 unspecified atom stereocenters. The van der Waals surface area contributed by atoms with Crippen molar-refractivity contribution >= 4 is 10.0 Å². The van der Waals surface area contributed by atoms with E-state index in [-0.39, 0.29) is 5.92 Å². The molecule has 0 aliphatic carbocycles. The van der Waals surface area contributed by atoms with E-state index >= 15 is 0 Å². The summed E-state index contributed by atoms with van der Waals surface area (Å²) in [4.78, 5) is 5.76. The molecular weight excluding hydrogens is 345 g/mol. The predicted molar refractivity (Wildman–Crippen MR) is 84.0 cm³/mol. The molecule has 2 heterocycles. The Morgan fingerprint density at radius 3 is 2.79 bits per heavy atom. The van der Waals surface area contributed by atoms with Gasteiger partial charge in [0.15, 0.2) is 5.69 Å². The monoisotopic (exact) mass is 368 g/mol. The van der Waals surface area contributed by atoms with E-state index in [2.05, 4.69) is 14.6 Å². The van der Waals surface area contributed by atoms with Gasteiger partial charge in [0.25, 0.3) is 0 Å². The zero-order chi connectivity index (χ0) is 18.0. The summed E-state index contributed by atoms with van der Waals surface area (Å²) in [7, 11) is -1.23. The van der Waals surface area contributed by atoms with Crippen LogP contribution in [0.2, 0.25) is 0 Å². The molecule has 0 spiro atoms. The minimum atomic E-state index is -4.40. The molecule has 0 fully saturated rings. The first-order valence-electron chi connectivity index (χ1n) is 7.81. The van der Waals surface area contributed by atoms with E-state index in [0.29, 0.717) is 31.8 Å². The van der Waals surface area contributed by atoms with Crippen molar-refractivity contribution in [2.75, 3.05) is 32.9 Å². The summed E-state index contributed by atoms with van der Waals surface area (Å²) in [6.07, 6.45) is -0.146. The lowest BCUT2D eigenvalue weighted by atomic mass is 9.99. The zero-order valence-corrected chi connectivity index (χ0v) is 14.6. The van der Waals surface area contributed by atoms with Crippen LogP contribution in [0.25, 0.3) is 0 Å².